The summed E-state index contributed by atoms with van der Waals surface area (Å²) in [5.41, 5.74) is 3.89. The van der Waals surface area contributed by atoms with Crippen LogP contribution in [0.1, 0.15) is 21.5 Å². The van der Waals surface area contributed by atoms with Crippen molar-refractivity contribution in [1.29, 1.82) is 0 Å². The number of carbonyl (C=O) groups is 2. The standard InChI is InChI=1S/C20H22N2O3/c1-21(2)18-9-7-16(8-10-18)20(24)25-14-19(23)22-12-11-15-5-3-4-6-17(15)13-22/h3-10H,11-14H2,1-2H3. The molecule has 0 unspecified atom stereocenters. The molecule has 1 aliphatic heterocycles. The summed E-state index contributed by atoms with van der Waals surface area (Å²) in [6.45, 7) is 1.01. The summed E-state index contributed by atoms with van der Waals surface area (Å²) in [4.78, 5) is 28.1. The molecule has 0 bridgehead atoms. The number of amides is 1. The highest BCUT2D eigenvalue weighted by Crippen LogP contribution is 2.18. The third-order valence-corrected chi connectivity index (χ3v) is 4.43. The van der Waals surface area contributed by atoms with E-state index in [0.29, 0.717) is 18.7 Å². The molecule has 0 saturated carbocycles. The van der Waals surface area contributed by atoms with E-state index >= 15 is 0 Å². The van der Waals surface area contributed by atoms with Gasteiger partial charge in [-0.3, -0.25) is 4.79 Å². The van der Waals surface area contributed by atoms with Gasteiger partial charge in [0.2, 0.25) is 0 Å². The van der Waals surface area contributed by atoms with Crippen molar-refractivity contribution in [2.45, 2.75) is 13.0 Å². The number of ether oxygens (including phenoxy) is 1. The van der Waals surface area contributed by atoms with Crippen molar-refractivity contribution in [2.24, 2.45) is 0 Å². The van der Waals surface area contributed by atoms with Gasteiger partial charge < -0.3 is 14.5 Å². The van der Waals surface area contributed by atoms with E-state index in [-0.39, 0.29) is 12.5 Å². The molecule has 3 rings (SSSR count). The van der Waals surface area contributed by atoms with Crippen molar-refractivity contribution in [1.82, 2.24) is 4.90 Å². The number of anilines is 1. The first-order valence-corrected chi connectivity index (χ1v) is 8.33. The molecule has 0 N–H and O–H groups in total. The second-order valence-corrected chi connectivity index (χ2v) is 6.35. The fourth-order valence-corrected chi connectivity index (χ4v) is 2.91. The van der Waals surface area contributed by atoms with Crippen molar-refractivity contribution in [2.75, 3.05) is 32.1 Å². The minimum Gasteiger partial charge on any atom is -0.452 e. The quantitative estimate of drug-likeness (QED) is 0.804. The summed E-state index contributed by atoms with van der Waals surface area (Å²) < 4.78 is 5.19. The average Bonchev–Trinajstić information content (AvgIpc) is 2.65. The van der Waals surface area contributed by atoms with Gasteiger partial charge in [-0.25, -0.2) is 4.79 Å². The van der Waals surface area contributed by atoms with Crippen LogP contribution >= 0.6 is 0 Å². The topological polar surface area (TPSA) is 49.9 Å². The Hall–Kier alpha value is -2.82. The smallest absolute Gasteiger partial charge is 0.338 e. The SMILES string of the molecule is CN(C)c1ccc(C(=O)OCC(=O)N2CCc3ccccc3C2)cc1. The summed E-state index contributed by atoms with van der Waals surface area (Å²) in [5.74, 6) is -0.635. The van der Waals surface area contributed by atoms with Crippen LogP contribution in [0.4, 0.5) is 5.69 Å². The van der Waals surface area contributed by atoms with Crippen LogP contribution in [0.25, 0.3) is 0 Å². The van der Waals surface area contributed by atoms with E-state index in [1.165, 1.54) is 5.56 Å². The van der Waals surface area contributed by atoms with Gasteiger partial charge in [0.15, 0.2) is 6.61 Å². The fourth-order valence-electron chi connectivity index (χ4n) is 2.91. The van der Waals surface area contributed by atoms with E-state index in [9.17, 15) is 9.59 Å². The highest BCUT2D eigenvalue weighted by molar-refractivity contribution is 5.91. The van der Waals surface area contributed by atoms with Crippen LogP contribution in [0.3, 0.4) is 0 Å². The number of esters is 1. The van der Waals surface area contributed by atoms with Crippen molar-refractivity contribution >= 4 is 17.6 Å². The van der Waals surface area contributed by atoms with Gasteiger partial charge in [0.25, 0.3) is 5.91 Å². The Balaban J connectivity index is 1.54. The number of carbonyl (C=O) groups excluding carboxylic acids is 2. The van der Waals surface area contributed by atoms with E-state index in [1.54, 1.807) is 17.0 Å². The maximum Gasteiger partial charge on any atom is 0.338 e. The minimum atomic E-state index is -0.476. The molecule has 0 aromatic heterocycles. The summed E-state index contributed by atoms with van der Waals surface area (Å²) in [6.07, 6.45) is 0.835. The van der Waals surface area contributed by atoms with Crippen molar-refractivity contribution in [3.05, 3.63) is 65.2 Å². The Morgan fingerprint density at radius 1 is 1.04 bits per heavy atom. The lowest BCUT2D eigenvalue weighted by molar-refractivity contribution is -0.135. The van der Waals surface area contributed by atoms with Crippen LogP contribution < -0.4 is 4.90 Å². The largest absolute Gasteiger partial charge is 0.452 e. The van der Waals surface area contributed by atoms with E-state index < -0.39 is 5.97 Å². The zero-order valence-corrected chi connectivity index (χ0v) is 14.6. The van der Waals surface area contributed by atoms with Gasteiger partial charge in [-0.05, 0) is 41.8 Å². The number of rotatable bonds is 4. The van der Waals surface area contributed by atoms with Crippen LogP contribution in [0, 0.1) is 0 Å². The van der Waals surface area contributed by atoms with Gasteiger partial charge in [-0.1, -0.05) is 24.3 Å². The van der Waals surface area contributed by atoms with Crippen LogP contribution in [-0.4, -0.2) is 44.0 Å². The van der Waals surface area contributed by atoms with Gasteiger partial charge in [0, 0.05) is 32.9 Å². The molecule has 130 valence electrons. The lowest BCUT2D eigenvalue weighted by Gasteiger charge is -2.28. The lowest BCUT2D eigenvalue weighted by atomic mass is 10.00. The zero-order chi connectivity index (χ0) is 17.8. The summed E-state index contributed by atoms with van der Waals surface area (Å²) in [7, 11) is 3.87. The molecule has 5 heteroatoms. The van der Waals surface area contributed by atoms with Crippen molar-refractivity contribution < 1.29 is 14.3 Å². The van der Waals surface area contributed by atoms with Gasteiger partial charge in [-0.15, -0.1) is 0 Å². The number of hydrogen-bond donors (Lipinski definition) is 0. The Kier molecular flexibility index (Phi) is 5.03. The molecule has 0 spiro atoms. The van der Waals surface area contributed by atoms with Crippen LogP contribution in [0.2, 0.25) is 0 Å². The first-order chi connectivity index (χ1) is 12.0. The monoisotopic (exact) mass is 338 g/mol. The van der Waals surface area contributed by atoms with Gasteiger partial charge in [0.05, 0.1) is 5.56 Å². The first-order valence-electron chi connectivity index (χ1n) is 8.33. The Morgan fingerprint density at radius 3 is 2.40 bits per heavy atom. The molecule has 1 aliphatic rings. The molecule has 1 heterocycles. The number of hydrogen-bond acceptors (Lipinski definition) is 4. The van der Waals surface area contributed by atoms with Gasteiger partial charge in [0.1, 0.15) is 0 Å². The predicted octanol–water partition coefficient (Wildman–Crippen LogP) is 2.49. The number of benzene rings is 2. The molecular weight excluding hydrogens is 316 g/mol. The third kappa shape index (κ3) is 3.99. The molecule has 1 amide bonds. The molecule has 0 saturated heterocycles. The minimum absolute atomic E-state index is 0.159. The summed E-state index contributed by atoms with van der Waals surface area (Å²) in [5, 5.41) is 0. The Bertz CT molecular complexity index is 769. The molecule has 0 atom stereocenters. The summed E-state index contributed by atoms with van der Waals surface area (Å²) in [6, 6.07) is 15.2. The average molecular weight is 338 g/mol. The molecule has 0 fully saturated rings. The predicted molar refractivity (Wildman–Crippen MR) is 96.6 cm³/mol. The lowest BCUT2D eigenvalue weighted by Crippen LogP contribution is -2.38. The summed E-state index contributed by atoms with van der Waals surface area (Å²) >= 11 is 0. The van der Waals surface area contributed by atoms with Gasteiger partial charge >= 0.3 is 5.97 Å². The second kappa shape index (κ2) is 7.38. The molecule has 2 aromatic carbocycles. The highest BCUT2D eigenvalue weighted by Gasteiger charge is 2.21. The van der Waals surface area contributed by atoms with Crippen LogP contribution in [0.15, 0.2) is 48.5 Å². The Morgan fingerprint density at radius 2 is 1.72 bits per heavy atom. The van der Waals surface area contributed by atoms with Crippen molar-refractivity contribution in [3.8, 4) is 0 Å². The number of nitrogens with zero attached hydrogens (tertiary/aromatic N) is 2. The first kappa shape index (κ1) is 17.0. The van der Waals surface area contributed by atoms with Crippen LogP contribution in [-0.2, 0) is 22.5 Å². The fraction of sp³-hybridized carbons (Fsp3) is 0.300. The van der Waals surface area contributed by atoms with E-state index in [1.807, 2.05) is 49.3 Å². The van der Waals surface area contributed by atoms with E-state index in [2.05, 4.69) is 6.07 Å². The maximum absolute atomic E-state index is 12.3. The van der Waals surface area contributed by atoms with Crippen LogP contribution in [0.5, 0.6) is 0 Å². The molecule has 25 heavy (non-hydrogen) atoms. The molecular formula is C20H22N2O3. The van der Waals surface area contributed by atoms with E-state index in [0.717, 1.165) is 17.7 Å². The highest BCUT2D eigenvalue weighted by atomic mass is 16.5. The normalized spacial score (nSPS) is 13.1. The van der Waals surface area contributed by atoms with Gasteiger partial charge in [-0.2, -0.15) is 0 Å². The second-order valence-electron chi connectivity index (χ2n) is 6.35. The molecule has 0 aliphatic carbocycles. The maximum atomic E-state index is 12.3. The molecule has 2 aromatic rings. The van der Waals surface area contributed by atoms with Crippen molar-refractivity contribution in [3.63, 3.8) is 0 Å². The molecule has 0 radical (unpaired) electrons. The zero-order valence-electron chi connectivity index (χ0n) is 14.6. The third-order valence-electron chi connectivity index (χ3n) is 4.43. The van der Waals surface area contributed by atoms with E-state index in [4.69, 9.17) is 4.74 Å². The Labute approximate surface area is 147 Å². The molecule has 5 nitrogen and oxygen atoms in total. The number of fused-ring (bicyclic) bond motifs is 1.